The first-order chi connectivity index (χ1) is 27.0. The molecule has 9 aromatic rings. The van der Waals surface area contributed by atoms with Gasteiger partial charge in [0.25, 0.3) is 0 Å². The molecule has 0 atom stereocenters. The maximum atomic E-state index is 9.57. The fourth-order valence-electron chi connectivity index (χ4n) is 9.92. The molecule has 0 radical (unpaired) electrons. The number of hydrogen-bond acceptors (Lipinski definition) is 2. The van der Waals surface area contributed by atoms with Crippen LogP contribution in [0.5, 0.6) is 0 Å². The summed E-state index contributed by atoms with van der Waals surface area (Å²) in [5.41, 5.74) is 20.2. The quantitative estimate of drug-likeness (QED) is 0.188. The molecule has 4 heteroatoms. The summed E-state index contributed by atoms with van der Waals surface area (Å²) in [6.07, 6.45) is 2.04. The summed E-state index contributed by atoms with van der Waals surface area (Å²) in [5.74, 6) is 0. The number of para-hydroxylation sites is 1. The second-order valence-corrected chi connectivity index (χ2v) is 15.4. The van der Waals surface area contributed by atoms with Gasteiger partial charge in [-0.05, 0) is 73.8 Å². The van der Waals surface area contributed by atoms with Gasteiger partial charge in [0.15, 0.2) is 5.49 Å². The van der Waals surface area contributed by atoms with Gasteiger partial charge >= 0.3 is 0 Å². The zero-order valence-corrected chi connectivity index (χ0v) is 30.7. The molecule has 0 amide bonds. The Hall–Kier alpha value is -6.91. The van der Waals surface area contributed by atoms with Crippen LogP contribution in [0.1, 0.15) is 47.2 Å². The van der Waals surface area contributed by atoms with Gasteiger partial charge in [-0.25, -0.2) is 14.9 Å². The zero-order valence-electron chi connectivity index (χ0n) is 30.7. The van der Waals surface area contributed by atoms with Crippen LogP contribution in [-0.2, 0) is 10.8 Å². The van der Waals surface area contributed by atoms with Gasteiger partial charge in [-0.3, -0.25) is 5.41 Å². The second kappa shape index (κ2) is 11.5. The lowest BCUT2D eigenvalue weighted by atomic mass is 9.55. The second-order valence-electron chi connectivity index (χ2n) is 15.4. The Balaban J connectivity index is 1.21. The number of hydrogen-bond donors (Lipinski definition) is 2. The molecule has 11 rings (SSSR count). The lowest BCUT2D eigenvalue weighted by Crippen LogP contribution is -2.40. The maximum Gasteiger partial charge on any atom is 0.153 e. The van der Waals surface area contributed by atoms with Crippen molar-refractivity contribution >= 4 is 21.8 Å². The summed E-state index contributed by atoms with van der Waals surface area (Å²) in [5, 5.41) is 11.9. The molecule has 2 aliphatic rings. The highest BCUT2D eigenvalue weighted by molar-refractivity contribution is 6.18. The molecular formula is C51H38N4. The van der Waals surface area contributed by atoms with Crippen molar-refractivity contribution < 1.29 is 0 Å². The van der Waals surface area contributed by atoms with Crippen LogP contribution < -0.4 is 11.0 Å². The topological polar surface area (TPSA) is 45.7 Å². The normalized spacial score (nSPS) is 14.4. The SMILES string of the molecule is CC1(C)c2ccccc2C2(c3ccccc3-c3c2ccc2c3c3ccccc3n2Nn2cc(-c3ccccc3)cc(-c3ccccc3)c2=N)c2ccccc21. The van der Waals surface area contributed by atoms with Crippen molar-refractivity contribution in [2.75, 3.05) is 5.53 Å². The minimum Gasteiger partial charge on any atom is -0.282 e. The summed E-state index contributed by atoms with van der Waals surface area (Å²) in [7, 11) is 0. The summed E-state index contributed by atoms with van der Waals surface area (Å²) in [4.78, 5) is 0. The molecule has 0 saturated carbocycles. The Labute approximate surface area is 320 Å². The number of aromatic nitrogens is 2. The fourth-order valence-corrected chi connectivity index (χ4v) is 9.92. The van der Waals surface area contributed by atoms with Gasteiger partial charge in [0, 0.05) is 33.5 Å². The van der Waals surface area contributed by atoms with Gasteiger partial charge in [0.2, 0.25) is 0 Å². The summed E-state index contributed by atoms with van der Waals surface area (Å²) in [6, 6.07) is 63.4. The van der Waals surface area contributed by atoms with Crippen molar-refractivity contribution in [3.8, 4) is 33.4 Å². The van der Waals surface area contributed by atoms with Crippen molar-refractivity contribution in [1.29, 1.82) is 5.41 Å². The molecule has 55 heavy (non-hydrogen) atoms. The van der Waals surface area contributed by atoms with Crippen LogP contribution in [0.3, 0.4) is 0 Å². The van der Waals surface area contributed by atoms with Gasteiger partial charge in [0.05, 0.1) is 16.4 Å². The summed E-state index contributed by atoms with van der Waals surface area (Å²) in [6.45, 7) is 4.74. The highest BCUT2D eigenvalue weighted by atomic mass is 15.6. The van der Waals surface area contributed by atoms with Crippen LogP contribution in [0, 0.1) is 5.41 Å². The number of benzene rings is 7. The monoisotopic (exact) mass is 706 g/mol. The van der Waals surface area contributed by atoms with E-state index in [0.717, 1.165) is 33.3 Å². The smallest absolute Gasteiger partial charge is 0.153 e. The van der Waals surface area contributed by atoms with E-state index in [2.05, 4.69) is 176 Å². The summed E-state index contributed by atoms with van der Waals surface area (Å²) >= 11 is 0. The third kappa shape index (κ3) is 4.25. The van der Waals surface area contributed by atoms with Crippen molar-refractivity contribution in [3.05, 3.63) is 221 Å². The van der Waals surface area contributed by atoms with Gasteiger partial charge < -0.3 is 0 Å². The van der Waals surface area contributed by atoms with Crippen LogP contribution in [0.4, 0.5) is 0 Å². The van der Waals surface area contributed by atoms with Crippen LogP contribution in [0.25, 0.3) is 55.2 Å². The van der Waals surface area contributed by atoms with E-state index in [9.17, 15) is 5.41 Å². The Kier molecular flexibility index (Phi) is 6.63. The molecule has 262 valence electrons. The molecule has 2 aromatic heterocycles. The zero-order chi connectivity index (χ0) is 36.9. The third-order valence-electron chi connectivity index (χ3n) is 12.3. The molecule has 2 aliphatic carbocycles. The largest absolute Gasteiger partial charge is 0.282 e. The number of pyridine rings is 1. The van der Waals surface area contributed by atoms with Crippen LogP contribution >= 0.6 is 0 Å². The number of rotatable bonds is 4. The standard InChI is InChI=1S/C51H38N4/c1-50(2)40-24-12-14-26-42(40)51(43-27-15-13-25-41(43)50)39-23-11-9-21-36(39)47-44(51)29-30-46-48(47)37-22-10-16-28-45(37)55(46)53-54-32-35(33-17-5-3-6-18-33)31-38(49(54)52)34-19-7-4-8-20-34/h3-32,52-53H,1-2H3. The van der Waals surface area contributed by atoms with E-state index in [1.165, 1.54) is 55.3 Å². The predicted molar refractivity (Wildman–Crippen MR) is 225 cm³/mol. The highest BCUT2D eigenvalue weighted by Gasteiger charge is 2.53. The van der Waals surface area contributed by atoms with Crippen LogP contribution in [-0.4, -0.2) is 9.35 Å². The molecule has 0 unspecified atom stereocenters. The first kappa shape index (κ1) is 31.6. The van der Waals surface area contributed by atoms with E-state index in [-0.39, 0.29) is 5.41 Å². The minimum atomic E-state index is -0.475. The first-order valence-electron chi connectivity index (χ1n) is 19.0. The number of nitrogens with zero attached hydrogens (tertiary/aromatic N) is 2. The van der Waals surface area contributed by atoms with E-state index >= 15 is 0 Å². The molecule has 0 aliphatic heterocycles. The van der Waals surface area contributed by atoms with Gasteiger partial charge in [0.1, 0.15) is 0 Å². The highest BCUT2D eigenvalue weighted by Crippen LogP contribution is 2.63. The van der Waals surface area contributed by atoms with E-state index in [1.54, 1.807) is 0 Å². The van der Waals surface area contributed by atoms with E-state index < -0.39 is 5.41 Å². The third-order valence-corrected chi connectivity index (χ3v) is 12.3. The number of nitrogens with one attached hydrogen (secondary N) is 2. The number of fused-ring (bicyclic) bond motifs is 13. The molecular weight excluding hydrogens is 669 g/mol. The van der Waals surface area contributed by atoms with Crippen molar-refractivity contribution in [2.24, 2.45) is 0 Å². The lowest BCUT2D eigenvalue weighted by molar-refractivity contribution is 0.563. The molecule has 0 bridgehead atoms. The molecule has 4 nitrogen and oxygen atoms in total. The average Bonchev–Trinajstić information content (AvgIpc) is 3.72. The Morgan fingerprint density at radius 3 is 1.73 bits per heavy atom. The summed E-state index contributed by atoms with van der Waals surface area (Å²) < 4.78 is 4.04. The average molecular weight is 707 g/mol. The van der Waals surface area contributed by atoms with Gasteiger partial charge in [-0.15, -0.1) is 0 Å². The first-order valence-corrected chi connectivity index (χ1v) is 19.0. The van der Waals surface area contributed by atoms with Crippen LogP contribution in [0.2, 0.25) is 0 Å². The molecule has 2 heterocycles. The van der Waals surface area contributed by atoms with E-state index in [4.69, 9.17) is 0 Å². The minimum absolute atomic E-state index is 0.155. The molecule has 1 spiro atoms. The lowest BCUT2D eigenvalue weighted by Gasteiger charge is -2.46. The Morgan fingerprint density at radius 1 is 0.473 bits per heavy atom. The van der Waals surface area contributed by atoms with Gasteiger partial charge in [-0.1, -0.05) is 172 Å². The van der Waals surface area contributed by atoms with E-state index in [0.29, 0.717) is 5.49 Å². The Morgan fingerprint density at radius 2 is 1.04 bits per heavy atom. The van der Waals surface area contributed by atoms with Crippen LogP contribution in [0.15, 0.2) is 182 Å². The van der Waals surface area contributed by atoms with E-state index in [1.807, 2.05) is 35.1 Å². The predicted octanol–water partition coefficient (Wildman–Crippen LogP) is 11.4. The molecule has 7 aromatic carbocycles. The fraction of sp³-hybridized carbons (Fsp3) is 0.0784. The molecule has 2 N–H and O–H groups in total. The van der Waals surface area contributed by atoms with Crippen molar-refractivity contribution in [3.63, 3.8) is 0 Å². The van der Waals surface area contributed by atoms with Crippen molar-refractivity contribution in [2.45, 2.75) is 24.7 Å². The van der Waals surface area contributed by atoms with Gasteiger partial charge in [-0.2, -0.15) is 0 Å². The Bertz CT molecular complexity index is 3010. The molecule has 0 saturated heterocycles. The van der Waals surface area contributed by atoms with Crippen molar-refractivity contribution in [1.82, 2.24) is 9.35 Å². The molecule has 0 fully saturated rings. The maximum absolute atomic E-state index is 9.57.